The average Bonchev–Trinajstić information content (AvgIpc) is 3.43. The molecule has 1 aromatic carbocycles. The molecule has 27 heavy (non-hydrogen) atoms. The van der Waals surface area contributed by atoms with Crippen LogP contribution in [0, 0.1) is 0 Å². The third-order valence-electron chi connectivity index (χ3n) is 4.55. The minimum atomic E-state index is -0.181. The molecule has 3 aromatic heterocycles. The van der Waals surface area contributed by atoms with Crippen molar-refractivity contribution in [3.63, 3.8) is 0 Å². The summed E-state index contributed by atoms with van der Waals surface area (Å²) in [6.45, 7) is 3.30. The summed E-state index contributed by atoms with van der Waals surface area (Å²) in [5.74, 6) is -0.181. The second kappa shape index (κ2) is 7.45. The second-order valence-corrected chi connectivity index (χ2v) is 6.48. The first-order chi connectivity index (χ1) is 13.2. The molecule has 0 aliphatic rings. The summed E-state index contributed by atoms with van der Waals surface area (Å²) < 4.78 is 3.98. The van der Waals surface area contributed by atoms with Gasteiger partial charge in [-0.15, -0.1) is 0 Å². The lowest BCUT2D eigenvalue weighted by Gasteiger charge is -2.16. The van der Waals surface area contributed by atoms with Crippen molar-refractivity contribution in [3.05, 3.63) is 66.8 Å². The van der Waals surface area contributed by atoms with Crippen molar-refractivity contribution in [2.45, 2.75) is 32.5 Å². The van der Waals surface area contributed by atoms with Crippen LogP contribution in [0.4, 0.5) is 0 Å². The molecule has 1 amide bonds. The number of nitrogens with one attached hydrogen (secondary N) is 2. The van der Waals surface area contributed by atoms with Gasteiger partial charge in [-0.3, -0.25) is 9.89 Å². The molecule has 0 saturated carbocycles. The van der Waals surface area contributed by atoms with Crippen LogP contribution < -0.4 is 5.32 Å². The molecule has 4 rings (SSSR count). The molecule has 0 fully saturated rings. The molecule has 138 valence electrons. The zero-order chi connectivity index (χ0) is 18.6. The molecule has 0 bridgehead atoms. The number of rotatable bonds is 7. The van der Waals surface area contributed by atoms with Crippen LogP contribution in [0.3, 0.4) is 0 Å². The molecule has 8 heteroatoms. The molecule has 0 spiro atoms. The molecular weight excluding hydrogens is 342 g/mol. The van der Waals surface area contributed by atoms with E-state index in [4.69, 9.17) is 0 Å². The van der Waals surface area contributed by atoms with Crippen molar-refractivity contribution in [2.75, 3.05) is 0 Å². The molecule has 0 unspecified atom stereocenters. The molecule has 0 radical (unpaired) electrons. The summed E-state index contributed by atoms with van der Waals surface area (Å²) in [4.78, 5) is 21.0. The number of imidazole rings is 2. The average molecular weight is 363 g/mol. The van der Waals surface area contributed by atoms with Gasteiger partial charge in [-0.25, -0.2) is 9.97 Å². The van der Waals surface area contributed by atoms with Crippen LogP contribution in [0.15, 0.2) is 55.4 Å². The minimum absolute atomic E-state index is 0.0180. The number of amides is 1. The third-order valence-corrected chi connectivity index (χ3v) is 4.55. The maximum absolute atomic E-state index is 12.5. The van der Waals surface area contributed by atoms with E-state index in [1.807, 2.05) is 46.5 Å². The Morgan fingerprint density at radius 3 is 3.00 bits per heavy atom. The van der Waals surface area contributed by atoms with Gasteiger partial charge in [0.05, 0.1) is 35.9 Å². The number of aromatic amines is 1. The van der Waals surface area contributed by atoms with Crippen molar-refractivity contribution in [1.29, 1.82) is 0 Å². The number of hydrogen-bond donors (Lipinski definition) is 2. The van der Waals surface area contributed by atoms with E-state index in [0.717, 1.165) is 23.1 Å². The number of carbonyl (C=O) groups excluding carboxylic acids is 1. The van der Waals surface area contributed by atoms with Crippen molar-refractivity contribution >= 4 is 16.9 Å². The summed E-state index contributed by atoms with van der Waals surface area (Å²) in [6.07, 6.45) is 7.98. The van der Waals surface area contributed by atoms with Crippen molar-refractivity contribution in [1.82, 2.24) is 34.6 Å². The van der Waals surface area contributed by atoms with Crippen LogP contribution >= 0.6 is 0 Å². The highest BCUT2D eigenvalue weighted by Gasteiger charge is 2.16. The number of para-hydroxylation sites is 2. The molecule has 0 aliphatic carbocycles. The number of aromatic nitrogens is 6. The first-order valence-electron chi connectivity index (χ1n) is 8.93. The minimum Gasteiger partial charge on any atom is -0.346 e. The SMILES string of the molecule is CC[C@@H](Cn1ccnc1)NC(=O)c1cc(Cn2cnc3ccccc32)[nH]n1. The van der Waals surface area contributed by atoms with Crippen LogP contribution in [-0.4, -0.2) is 41.2 Å². The van der Waals surface area contributed by atoms with Crippen molar-refractivity contribution in [2.24, 2.45) is 0 Å². The van der Waals surface area contributed by atoms with Gasteiger partial charge in [0.2, 0.25) is 0 Å². The van der Waals surface area contributed by atoms with Gasteiger partial charge in [-0.2, -0.15) is 5.10 Å². The van der Waals surface area contributed by atoms with Crippen LogP contribution in [0.25, 0.3) is 11.0 Å². The first kappa shape index (κ1) is 17.0. The number of carbonyl (C=O) groups is 1. The summed E-state index contributed by atoms with van der Waals surface area (Å²) in [7, 11) is 0. The summed E-state index contributed by atoms with van der Waals surface area (Å²) in [6, 6.07) is 9.75. The Balaban J connectivity index is 1.43. The quantitative estimate of drug-likeness (QED) is 0.526. The maximum atomic E-state index is 12.5. The van der Waals surface area contributed by atoms with Gasteiger partial charge in [-0.05, 0) is 24.6 Å². The predicted octanol–water partition coefficient (Wildman–Crippen LogP) is 2.21. The zero-order valence-corrected chi connectivity index (χ0v) is 15.0. The van der Waals surface area contributed by atoms with E-state index in [1.165, 1.54) is 0 Å². The number of benzene rings is 1. The van der Waals surface area contributed by atoms with Gasteiger partial charge in [0.15, 0.2) is 0 Å². The Bertz CT molecular complexity index is 1030. The largest absolute Gasteiger partial charge is 0.346 e. The Morgan fingerprint density at radius 2 is 2.19 bits per heavy atom. The Hall–Kier alpha value is -3.42. The molecule has 2 N–H and O–H groups in total. The van der Waals surface area contributed by atoms with E-state index >= 15 is 0 Å². The van der Waals surface area contributed by atoms with Crippen LogP contribution in [0.5, 0.6) is 0 Å². The molecule has 1 atom stereocenters. The van der Waals surface area contributed by atoms with Crippen molar-refractivity contribution < 1.29 is 4.79 Å². The van der Waals surface area contributed by atoms with E-state index in [0.29, 0.717) is 18.8 Å². The fourth-order valence-corrected chi connectivity index (χ4v) is 3.06. The summed E-state index contributed by atoms with van der Waals surface area (Å²) >= 11 is 0. The Kier molecular flexibility index (Phi) is 4.69. The molecule has 8 nitrogen and oxygen atoms in total. The zero-order valence-electron chi connectivity index (χ0n) is 15.0. The highest BCUT2D eigenvalue weighted by Crippen LogP contribution is 2.13. The fraction of sp³-hybridized carbons (Fsp3) is 0.263. The van der Waals surface area contributed by atoms with Crippen LogP contribution in [0.2, 0.25) is 0 Å². The van der Waals surface area contributed by atoms with Gasteiger partial charge < -0.3 is 14.5 Å². The monoisotopic (exact) mass is 363 g/mol. The highest BCUT2D eigenvalue weighted by atomic mass is 16.2. The van der Waals surface area contributed by atoms with Crippen LogP contribution in [0.1, 0.15) is 29.5 Å². The van der Waals surface area contributed by atoms with Gasteiger partial charge in [-0.1, -0.05) is 19.1 Å². The lowest BCUT2D eigenvalue weighted by molar-refractivity contribution is 0.0926. The van der Waals surface area contributed by atoms with E-state index < -0.39 is 0 Å². The molecule has 4 aromatic rings. The smallest absolute Gasteiger partial charge is 0.272 e. The standard InChI is InChI=1S/C19H21N7O/c1-2-14(10-25-8-7-20-12-25)22-19(27)17-9-15(23-24-17)11-26-13-21-16-5-3-4-6-18(16)26/h3-9,12-14H,2,10-11H2,1H3,(H,22,27)(H,23,24)/t14-/m0/s1. The topological polar surface area (TPSA) is 93.4 Å². The second-order valence-electron chi connectivity index (χ2n) is 6.48. The normalized spacial score (nSPS) is 12.3. The Morgan fingerprint density at radius 1 is 1.30 bits per heavy atom. The molecule has 0 aliphatic heterocycles. The lowest BCUT2D eigenvalue weighted by atomic mass is 10.2. The van der Waals surface area contributed by atoms with E-state index in [9.17, 15) is 4.79 Å². The fourth-order valence-electron chi connectivity index (χ4n) is 3.06. The maximum Gasteiger partial charge on any atom is 0.272 e. The summed E-state index contributed by atoms with van der Waals surface area (Å²) in [5, 5.41) is 10.2. The molecular formula is C19H21N7O. The lowest BCUT2D eigenvalue weighted by Crippen LogP contribution is -2.37. The van der Waals surface area contributed by atoms with Gasteiger partial charge in [0.25, 0.3) is 5.91 Å². The molecule has 0 saturated heterocycles. The third kappa shape index (κ3) is 3.74. The van der Waals surface area contributed by atoms with Crippen LogP contribution in [-0.2, 0) is 13.1 Å². The number of H-pyrrole nitrogens is 1. The Labute approximate surface area is 156 Å². The predicted molar refractivity (Wildman–Crippen MR) is 101 cm³/mol. The van der Waals surface area contributed by atoms with E-state index in [2.05, 4.69) is 25.5 Å². The van der Waals surface area contributed by atoms with Gasteiger partial charge in [0.1, 0.15) is 5.69 Å². The van der Waals surface area contributed by atoms with E-state index in [-0.39, 0.29) is 11.9 Å². The summed E-state index contributed by atoms with van der Waals surface area (Å²) in [5.41, 5.74) is 3.23. The number of nitrogens with zero attached hydrogens (tertiary/aromatic N) is 5. The van der Waals surface area contributed by atoms with Gasteiger partial charge >= 0.3 is 0 Å². The first-order valence-corrected chi connectivity index (χ1v) is 8.93. The number of hydrogen-bond acceptors (Lipinski definition) is 4. The van der Waals surface area contributed by atoms with E-state index in [1.54, 1.807) is 24.9 Å². The van der Waals surface area contributed by atoms with Crippen molar-refractivity contribution in [3.8, 4) is 0 Å². The van der Waals surface area contributed by atoms with Gasteiger partial charge in [0, 0.05) is 25.0 Å². The molecule has 3 heterocycles. The highest BCUT2D eigenvalue weighted by molar-refractivity contribution is 5.92. The number of fused-ring (bicyclic) bond motifs is 1.